The first-order valence-electron chi connectivity index (χ1n) is 15.1. The van der Waals surface area contributed by atoms with Gasteiger partial charge in [0.25, 0.3) is 0 Å². The molecule has 11 atom stereocenters. The zero-order valence-electron chi connectivity index (χ0n) is 24.9. The van der Waals surface area contributed by atoms with Gasteiger partial charge in [-0.15, -0.1) is 0 Å². The highest BCUT2D eigenvalue weighted by molar-refractivity contribution is 7.81. The lowest BCUT2D eigenvalue weighted by atomic mass is 9.44. The van der Waals surface area contributed by atoms with Crippen molar-refractivity contribution in [2.45, 2.75) is 111 Å². The zero-order valence-corrected chi connectivity index (χ0v) is 27.4. The standard InChI is InChI=1S/C27H48O12S3/c1-17(16-37-40(28,29)30)6-5-7-18(2)21-10-11-22-20-9-8-19-14-24(38-41(31,32)33)25(39-42(34,35)36)15-27(19,4)23(20)12-13-26(21,22)3/h17-25H,5-16H2,1-4H3,(H,28,29,30)(H,31,32,33)(H,34,35,36)/t17?,18-,19+,20+,21-,22+,23+,24+,25+,26-,27+/m1/s1. The van der Waals surface area contributed by atoms with Crippen LogP contribution in [0.25, 0.3) is 0 Å². The predicted molar refractivity (Wildman–Crippen MR) is 153 cm³/mol. The van der Waals surface area contributed by atoms with E-state index in [1.807, 2.05) is 6.92 Å². The molecule has 4 fully saturated rings. The van der Waals surface area contributed by atoms with E-state index in [0.29, 0.717) is 29.6 Å². The Morgan fingerprint density at radius 2 is 1.38 bits per heavy atom. The van der Waals surface area contributed by atoms with Crippen LogP contribution in [0.4, 0.5) is 0 Å². The molecule has 4 saturated carbocycles. The molecule has 3 N–H and O–H groups in total. The van der Waals surface area contributed by atoms with Gasteiger partial charge in [0, 0.05) is 0 Å². The average molecular weight is 661 g/mol. The molecule has 0 radical (unpaired) electrons. The van der Waals surface area contributed by atoms with Crippen molar-refractivity contribution in [1.29, 1.82) is 0 Å². The fourth-order valence-electron chi connectivity index (χ4n) is 10.00. The van der Waals surface area contributed by atoms with Crippen molar-refractivity contribution in [1.82, 2.24) is 0 Å². The molecule has 4 rings (SSSR count). The Morgan fingerprint density at radius 3 is 2.00 bits per heavy atom. The van der Waals surface area contributed by atoms with Crippen molar-refractivity contribution in [3.8, 4) is 0 Å². The molecule has 0 aromatic carbocycles. The minimum absolute atomic E-state index is 0.0176. The molecule has 0 saturated heterocycles. The molecule has 0 aliphatic heterocycles. The van der Waals surface area contributed by atoms with Crippen LogP contribution in [0.1, 0.15) is 98.3 Å². The van der Waals surface area contributed by atoms with Crippen molar-refractivity contribution < 1.29 is 51.5 Å². The molecule has 15 heteroatoms. The van der Waals surface area contributed by atoms with Gasteiger partial charge in [-0.3, -0.25) is 13.7 Å². The topological polar surface area (TPSA) is 191 Å². The van der Waals surface area contributed by atoms with Gasteiger partial charge in [-0.1, -0.05) is 40.5 Å². The summed E-state index contributed by atoms with van der Waals surface area (Å²) in [6, 6.07) is 0. The van der Waals surface area contributed by atoms with E-state index in [-0.39, 0.29) is 42.1 Å². The second-order valence-electron chi connectivity index (χ2n) is 14.2. The first-order valence-corrected chi connectivity index (χ1v) is 19.2. The Hall–Kier alpha value is -0.390. The van der Waals surface area contributed by atoms with E-state index in [1.165, 1.54) is 0 Å². The molecule has 0 aromatic rings. The molecule has 12 nitrogen and oxygen atoms in total. The van der Waals surface area contributed by atoms with Gasteiger partial charge in [0.2, 0.25) is 0 Å². The van der Waals surface area contributed by atoms with Gasteiger partial charge in [0.1, 0.15) is 12.2 Å². The van der Waals surface area contributed by atoms with Gasteiger partial charge < -0.3 is 0 Å². The summed E-state index contributed by atoms with van der Waals surface area (Å²) < 4.78 is 110. The molecule has 0 amide bonds. The second kappa shape index (κ2) is 12.4. The smallest absolute Gasteiger partial charge is 0.264 e. The summed E-state index contributed by atoms with van der Waals surface area (Å²) in [5.41, 5.74) is -0.151. The van der Waals surface area contributed by atoms with Crippen LogP contribution in [0.2, 0.25) is 0 Å². The molecule has 42 heavy (non-hydrogen) atoms. The quantitative estimate of drug-likeness (QED) is 0.241. The normalized spacial score (nSPS) is 40.5. The third-order valence-electron chi connectivity index (χ3n) is 11.7. The third-order valence-corrected chi connectivity index (χ3v) is 13.2. The lowest BCUT2D eigenvalue weighted by molar-refractivity contribution is -0.152. The van der Waals surface area contributed by atoms with Crippen LogP contribution in [0.3, 0.4) is 0 Å². The molecule has 0 spiro atoms. The molecule has 0 aromatic heterocycles. The van der Waals surface area contributed by atoms with E-state index in [0.717, 1.165) is 57.8 Å². The summed E-state index contributed by atoms with van der Waals surface area (Å²) in [5, 5.41) is 0. The maximum absolute atomic E-state index is 11.7. The van der Waals surface area contributed by atoms with Crippen LogP contribution in [-0.2, 0) is 43.7 Å². The summed E-state index contributed by atoms with van der Waals surface area (Å²) >= 11 is 0. The summed E-state index contributed by atoms with van der Waals surface area (Å²) in [7, 11) is -14.1. The lowest BCUT2D eigenvalue weighted by Gasteiger charge is -2.62. The highest BCUT2D eigenvalue weighted by Crippen LogP contribution is 2.68. The molecular formula is C27H48O12S3. The van der Waals surface area contributed by atoms with Gasteiger partial charge in [0.05, 0.1) is 6.61 Å². The van der Waals surface area contributed by atoms with E-state index in [4.69, 9.17) is 12.9 Å². The second-order valence-corrected chi connectivity index (χ2v) is 17.4. The number of fused-ring (bicyclic) bond motifs is 5. The van der Waals surface area contributed by atoms with Crippen molar-refractivity contribution in [2.75, 3.05) is 6.61 Å². The maximum atomic E-state index is 11.7. The molecule has 0 heterocycles. The Bertz CT molecular complexity index is 1280. The fraction of sp³-hybridized carbons (Fsp3) is 1.00. The van der Waals surface area contributed by atoms with Crippen molar-refractivity contribution >= 4 is 31.2 Å². The van der Waals surface area contributed by atoms with Gasteiger partial charge in [-0.2, -0.15) is 25.3 Å². The highest BCUT2D eigenvalue weighted by atomic mass is 32.3. The van der Waals surface area contributed by atoms with E-state index in [1.54, 1.807) is 0 Å². The highest BCUT2D eigenvalue weighted by Gasteiger charge is 2.62. The van der Waals surface area contributed by atoms with Gasteiger partial charge in [-0.25, -0.2) is 12.5 Å². The van der Waals surface area contributed by atoms with Crippen LogP contribution < -0.4 is 0 Å². The Balaban J connectivity index is 1.43. The summed E-state index contributed by atoms with van der Waals surface area (Å²) in [6.45, 7) is 8.77. The predicted octanol–water partition coefficient (Wildman–Crippen LogP) is 4.89. The molecule has 0 bridgehead atoms. The van der Waals surface area contributed by atoms with Gasteiger partial charge in [-0.05, 0) is 110 Å². The Labute approximate surface area is 251 Å². The molecular weight excluding hydrogens is 612 g/mol. The number of rotatable bonds is 12. The fourth-order valence-corrected chi connectivity index (χ4v) is 11.4. The van der Waals surface area contributed by atoms with Gasteiger partial charge >= 0.3 is 31.2 Å². The van der Waals surface area contributed by atoms with Gasteiger partial charge in [0.15, 0.2) is 0 Å². The van der Waals surface area contributed by atoms with Crippen LogP contribution in [0.5, 0.6) is 0 Å². The Morgan fingerprint density at radius 1 is 0.762 bits per heavy atom. The number of hydrogen-bond acceptors (Lipinski definition) is 9. The Kier molecular flexibility index (Phi) is 10.2. The zero-order chi connectivity index (χ0) is 31.3. The third kappa shape index (κ3) is 7.87. The summed E-state index contributed by atoms with van der Waals surface area (Å²) in [6.07, 6.45) is 6.92. The molecule has 4 aliphatic carbocycles. The average Bonchev–Trinajstić information content (AvgIpc) is 3.18. The van der Waals surface area contributed by atoms with E-state index < -0.39 is 43.4 Å². The molecule has 246 valence electrons. The first kappa shape index (κ1) is 34.5. The molecule has 1 unspecified atom stereocenters. The summed E-state index contributed by atoms with van der Waals surface area (Å²) in [4.78, 5) is 0. The van der Waals surface area contributed by atoms with Crippen LogP contribution in [0.15, 0.2) is 0 Å². The van der Waals surface area contributed by atoms with E-state index in [2.05, 4.69) is 25.0 Å². The lowest BCUT2D eigenvalue weighted by Crippen LogP contribution is -2.57. The van der Waals surface area contributed by atoms with Crippen LogP contribution in [-0.4, -0.2) is 57.7 Å². The maximum Gasteiger partial charge on any atom is 0.397 e. The SMILES string of the molecule is CC(CCC[C@@H](C)[C@H]1CC[C@H]2[C@@H]3CC[C@H]4C[C@H](OS(=O)(=O)O)[C@@H](OS(=O)(=O)O)C[C@]4(C)[C@H]3CC[C@]12C)COS(=O)(=O)O. The van der Waals surface area contributed by atoms with Crippen LogP contribution in [0, 0.1) is 52.3 Å². The van der Waals surface area contributed by atoms with Crippen molar-refractivity contribution in [3.05, 3.63) is 0 Å². The van der Waals surface area contributed by atoms with E-state index >= 15 is 0 Å². The van der Waals surface area contributed by atoms with Crippen LogP contribution >= 0.6 is 0 Å². The van der Waals surface area contributed by atoms with Crippen molar-refractivity contribution in [2.24, 2.45) is 52.3 Å². The first-order chi connectivity index (χ1) is 19.2. The number of hydrogen-bond donors (Lipinski definition) is 3. The minimum Gasteiger partial charge on any atom is -0.264 e. The largest absolute Gasteiger partial charge is 0.397 e. The monoisotopic (exact) mass is 660 g/mol. The molecule has 4 aliphatic rings. The van der Waals surface area contributed by atoms with Crippen molar-refractivity contribution in [3.63, 3.8) is 0 Å². The van der Waals surface area contributed by atoms with E-state index in [9.17, 15) is 34.4 Å². The summed E-state index contributed by atoms with van der Waals surface area (Å²) in [5.74, 6) is 2.42. The minimum atomic E-state index is -4.87.